The van der Waals surface area contributed by atoms with Gasteiger partial charge in [-0.15, -0.1) is 0 Å². The summed E-state index contributed by atoms with van der Waals surface area (Å²) in [6, 6.07) is 13.9. The van der Waals surface area contributed by atoms with E-state index in [9.17, 15) is 0 Å². The van der Waals surface area contributed by atoms with Crippen LogP contribution in [-0.4, -0.2) is 23.1 Å². The summed E-state index contributed by atoms with van der Waals surface area (Å²) in [5, 5.41) is 1.49. The van der Waals surface area contributed by atoms with Crippen molar-refractivity contribution in [2.45, 2.75) is 51.7 Å². The number of benzene rings is 2. The zero-order chi connectivity index (χ0) is 19.3. The van der Waals surface area contributed by atoms with E-state index in [0.717, 1.165) is 29.9 Å². The monoisotopic (exact) mass is 438 g/mol. The molecule has 0 N–H and O–H groups in total. The molecule has 1 aliphatic carbocycles. The summed E-state index contributed by atoms with van der Waals surface area (Å²) in [6.07, 6.45) is 4.93. The van der Waals surface area contributed by atoms with Crippen LogP contribution in [0.2, 0.25) is 0 Å². The van der Waals surface area contributed by atoms with Crippen molar-refractivity contribution >= 4 is 26.8 Å². The van der Waals surface area contributed by atoms with Gasteiger partial charge in [-0.05, 0) is 68.5 Å². The van der Waals surface area contributed by atoms with Crippen LogP contribution in [0.25, 0.3) is 10.9 Å². The highest BCUT2D eigenvalue weighted by atomic mass is 79.9. The molecule has 0 amide bonds. The van der Waals surface area contributed by atoms with Crippen LogP contribution in [0.4, 0.5) is 0 Å². The molecule has 0 saturated heterocycles. The highest BCUT2D eigenvalue weighted by Gasteiger charge is 2.33. The summed E-state index contributed by atoms with van der Waals surface area (Å²) >= 11 is 3.64. The van der Waals surface area contributed by atoms with Gasteiger partial charge in [0.2, 0.25) is 0 Å². The Balaban J connectivity index is 1.59. The summed E-state index contributed by atoms with van der Waals surface area (Å²) in [4.78, 5) is 2.69. The molecule has 28 heavy (non-hydrogen) atoms. The highest BCUT2D eigenvalue weighted by molar-refractivity contribution is 9.10. The van der Waals surface area contributed by atoms with Gasteiger partial charge in [0.05, 0.1) is 13.2 Å². The van der Waals surface area contributed by atoms with Gasteiger partial charge in [-0.2, -0.15) is 0 Å². The van der Waals surface area contributed by atoms with Gasteiger partial charge in [-0.1, -0.05) is 27.6 Å². The lowest BCUT2D eigenvalue weighted by Crippen LogP contribution is -2.31. The van der Waals surface area contributed by atoms with Crippen LogP contribution in [0.1, 0.15) is 47.7 Å². The average molecular weight is 439 g/mol. The Morgan fingerprint density at radius 2 is 2.00 bits per heavy atom. The van der Waals surface area contributed by atoms with Gasteiger partial charge >= 0.3 is 0 Å². The van der Waals surface area contributed by atoms with Gasteiger partial charge in [-0.25, -0.2) is 0 Å². The molecule has 2 aromatic carbocycles. The maximum atomic E-state index is 5.66. The smallest absolute Gasteiger partial charge is 0.123 e. The van der Waals surface area contributed by atoms with E-state index in [4.69, 9.17) is 4.74 Å². The molecule has 4 heteroatoms. The van der Waals surface area contributed by atoms with Gasteiger partial charge in [0.25, 0.3) is 0 Å². The SMILES string of the molecule is COc1ccc(Br)cc1CN1CCCn2c3c(c4cc(C)ccc42)CCC[C@@H]31. The molecular weight excluding hydrogens is 412 g/mol. The number of nitrogens with zero attached hydrogens (tertiary/aromatic N) is 2. The normalized spacial score (nSPS) is 19.5. The summed E-state index contributed by atoms with van der Waals surface area (Å²) in [5.41, 5.74) is 7.25. The van der Waals surface area contributed by atoms with Gasteiger partial charge in [0.1, 0.15) is 5.75 Å². The molecule has 0 radical (unpaired) electrons. The van der Waals surface area contributed by atoms with E-state index in [1.165, 1.54) is 47.7 Å². The van der Waals surface area contributed by atoms with Crippen LogP contribution in [0.15, 0.2) is 40.9 Å². The summed E-state index contributed by atoms with van der Waals surface area (Å²) in [7, 11) is 1.77. The topological polar surface area (TPSA) is 17.4 Å². The first-order valence-electron chi connectivity index (χ1n) is 10.3. The fourth-order valence-corrected chi connectivity index (χ4v) is 5.68. The first-order valence-corrected chi connectivity index (χ1v) is 11.1. The first kappa shape index (κ1) is 18.3. The molecule has 3 nitrogen and oxygen atoms in total. The van der Waals surface area contributed by atoms with Crippen molar-refractivity contribution in [3.63, 3.8) is 0 Å². The second kappa shape index (κ2) is 7.23. The molecule has 3 aromatic rings. The van der Waals surface area contributed by atoms with Crippen molar-refractivity contribution in [1.29, 1.82) is 0 Å². The predicted molar refractivity (Wildman–Crippen MR) is 118 cm³/mol. The van der Waals surface area contributed by atoms with Crippen molar-refractivity contribution < 1.29 is 4.74 Å². The third kappa shape index (κ3) is 2.98. The van der Waals surface area contributed by atoms with E-state index in [2.05, 4.69) is 68.7 Å². The lowest BCUT2D eigenvalue weighted by atomic mass is 9.90. The van der Waals surface area contributed by atoms with Gasteiger partial charge in [0, 0.05) is 46.3 Å². The van der Waals surface area contributed by atoms with E-state index < -0.39 is 0 Å². The molecule has 5 rings (SSSR count). The van der Waals surface area contributed by atoms with Crippen molar-refractivity contribution in [3.8, 4) is 5.75 Å². The van der Waals surface area contributed by atoms with Crippen molar-refractivity contribution in [3.05, 3.63) is 63.3 Å². The van der Waals surface area contributed by atoms with Gasteiger partial charge in [0.15, 0.2) is 0 Å². The van der Waals surface area contributed by atoms with E-state index in [-0.39, 0.29) is 0 Å². The first-order chi connectivity index (χ1) is 13.7. The van der Waals surface area contributed by atoms with E-state index >= 15 is 0 Å². The van der Waals surface area contributed by atoms with Crippen molar-refractivity contribution in [2.24, 2.45) is 0 Å². The minimum atomic E-state index is 0.502. The predicted octanol–water partition coefficient (Wildman–Crippen LogP) is 6.00. The second-order valence-corrected chi connectivity index (χ2v) is 9.14. The van der Waals surface area contributed by atoms with Gasteiger partial charge in [-0.3, -0.25) is 4.90 Å². The van der Waals surface area contributed by atoms with Crippen LogP contribution >= 0.6 is 15.9 Å². The minimum absolute atomic E-state index is 0.502. The molecule has 0 fully saturated rings. The minimum Gasteiger partial charge on any atom is -0.496 e. The molecule has 0 unspecified atom stereocenters. The number of ether oxygens (including phenoxy) is 1. The number of aromatic nitrogens is 1. The van der Waals surface area contributed by atoms with Gasteiger partial charge < -0.3 is 9.30 Å². The summed E-state index contributed by atoms with van der Waals surface area (Å²) < 4.78 is 9.41. The maximum absolute atomic E-state index is 5.66. The Morgan fingerprint density at radius 1 is 1.11 bits per heavy atom. The molecule has 1 aliphatic heterocycles. The highest BCUT2D eigenvalue weighted by Crippen LogP contribution is 2.43. The van der Waals surface area contributed by atoms with E-state index in [1.807, 2.05) is 0 Å². The Bertz CT molecular complexity index is 1040. The Kier molecular flexibility index (Phi) is 4.72. The fourth-order valence-electron chi connectivity index (χ4n) is 5.27. The number of hydrogen-bond donors (Lipinski definition) is 0. The van der Waals surface area contributed by atoms with Crippen LogP contribution in [0.3, 0.4) is 0 Å². The summed E-state index contributed by atoms with van der Waals surface area (Å²) in [5.74, 6) is 0.986. The van der Waals surface area contributed by atoms with Crippen LogP contribution in [-0.2, 0) is 19.5 Å². The molecule has 2 heterocycles. The van der Waals surface area contributed by atoms with Crippen LogP contribution < -0.4 is 4.74 Å². The Morgan fingerprint density at radius 3 is 2.86 bits per heavy atom. The molecule has 146 valence electrons. The van der Waals surface area contributed by atoms with Crippen molar-refractivity contribution in [1.82, 2.24) is 9.47 Å². The van der Waals surface area contributed by atoms with Crippen LogP contribution in [0, 0.1) is 6.92 Å². The van der Waals surface area contributed by atoms with E-state index in [1.54, 1.807) is 18.4 Å². The molecule has 1 atom stereocenters. The second-order valence-electron chi connectivity index (χ2n) is 8.22. The molecule has 0 saturated carbocycles. The lowest BCUT2D eigenvalue weighted by molar-refractivity contribution is 0.172. The number of methoxy groups -OCH3 is 1. The standard InChI is InChI=1S/C24H27BrN2O/c1-16-7-9-21-20(13-16)19-5-3-6-22-24(19)27(21)12-4-11-26(22)15-17-14-18(25)8-10-23(17)28-2/h7-10,13-14,22H,3-6,11-12,15H2,1-2H3/t22-/m0/s1. The zero-order valence-corrected chi connectivity index (χ0v) is 18.3. The Hall–Kier alpha value is -1.78. The largest absolute Gasteiger partial charge is 0.496 e. The van der Waals surface area contributed by atoms with Crippen LogP contribution in [0.5, 0.6) is 5.75 Å². The number of halogens is 1. The zero-order valence-electron chi connectivity index (χ0n) is 16.7. The number of fused-ring (bicyclic) bond motifs is 3. The molecule has 0 spiro atoms. The average Bonchev–Trinajstić information content (AvgIpc) is 2.88. The third-order valence-corrected chi connectivity index (χ3v) is 6.96. The third-order valence-electron chi connectivity index (χ3n) is 6.47. The Labute approximate surface area is 175 Å². The lowest BCUT2D eigenvalue weighted by Gasteiger charge is -2.34. The van der Waals surface area contributed by atoms with Crippen molar-refractivity contribution in [2.75, 3.05) is 13.7 Å². The summed E-state index contributed by atoms with van der Waals surface area (Å²) in [6.45, 7) is 5.40. The number of hydrogen-bond acceptors (Lipinski definition) is 2. The maximum Gasteiger partial charge on any atom is 0.123 e. The quantitative estimate of drug-likeness (QED) is 0.498. The number of aryl methyl sites for hydroxylation is 3. The molecular formula is C24H27BrN2O. The molecule has 1 aromatic heterocycles. The number of rotatable bonds is 3. The molecule has 2 aliphatic rings. The fraction of sp³-hybridized carbons (Fsp3) is 0.417. The molecule has 0 bridgehead atoms. The van der Waals surface area contributed by atoms with E-state index in [0.29, 0.717) is 6.04 Å².